The summed E-state index contributed by atoms with van der Waals surface area (Å²) in [7, 11) is 7.85. The second kappa shape index (κ2) is 12.0. The van der Waals surface area contributed by atoms with Crippen molar-refractivity contribution in [3.8, 4) is 0 Å². The summed E-state index contributed by atoms with van der Waals surface area (Å²) in [5.74, 6) is 1.22. The molecule has 1 fully saturated rings. The van der Waals surface area contributed by atoms with Gasteiger partial charge in [0.05, 0.1) is 0 Å². The summed E-state index contributed by atoms with van der Waals surface area (Å²) in [6.07, 6.45) is 9.78. The Morgan fingerprint density at radius 2 is 1.43 bits per heavy atom. The van der Waals surface area contributed by atoms with E-state index in [-0.39, 0.29) is 7.43 Å². The molecular weight excluding hydrogens is 547 g/mol. The monoisotopic (exact) mass is 580 g/mol. The van der Waals surface area contributed by atoms with Gasteiger partial charge in [-0.2, -0.15) is 0 Å². The fraction of sp³-hybridized carbons (Fsp3) is 0.258. The molecule has 3 aromatic rings. The molecule has 3 atom stereocenters. The number of fused-ring (bicyclic) bond motifs is 3. The van der Waals surface area contributed by atoms with Crippen LogP contribution in [-0.2, 0) is 17.0 Å². The van der Waals surface area contributed by atoms with Crippen molar-refractivity contribution < 1.29 is 17.0 Å². The zero-order valence-corrected chi connectivity index (χ0v) is 26.0. The first-order chi connectivity index (χ1) is 17.5. The van der Waals surface area contributed by atoms with Crippen molar-refractivity contribution in [2.24, 2.45) is 11.8 Å². The SMILES string of the molecule is Cc1ccc(C2=CC=C[C@@H]3C([Si](C)(C)N4c5ccccc5[N-]c5ccccc54)CC[C@H]23)cc1.[CH3-].[Cl][Ti][Cl]. The topological polar surface area (TPSA) is 17.3 Å². The Hall–Kier alpha value is -1.75. The molecule has 0 N–H and O–H groups in total. The van der Waals surface area contributed by atoms with Crippen molar-refractivity contribution in [3.05, 3.63) is 115 Å². The number of hydrogen-bond acceptors (Lipinski definition) is 1. The molecule has 3 aromatic carbocycles. The quantitative estimate of drug-likeness (QED) is 0.222. The van der Waals surface area contributed by atoms with Crippen LogP contribution in [0.2, 0.25) is 18.6 Å². The first kappa shape index (κ1) is 28.3. The number of allylic oxidation sites excluding steroid dienone is 4. The van der Waals surface area contributed by atoms with E-state index in [4.69, 9.17) is 23.9 Å². The molecule has 0 bridgehead atoms. The van der Waals surface area contributed by atoms with Crippen molar-refractivity contribution >= 4 is 55.2 Å². The van der Waals surface area contributed by atoms with Crippen LogP contribution in [0.5, 0.6) is 0 Å². The van der Waals surface area contributed by atoms with Crippen molar-refractivity contribution in [2.45, 2.75) is 38.4 Å². The first-order valence-corrected chi connectivity index (χ1v) is 19.9. The van der Waals surface area contributed by atoms with E-state index in [0.717, 1.165) is 11.4 Å². The molecule has 0 radical (unpaired) electrons. The molecule has 192 valence electrons. The predicted octanol–water partition coefficient (Wildman–Crippen LogP) is 10.9. The van der Waals surface area contributed by atoms with Crippen molar-refractivity contribution in [3.63, 3.8) is 0 Å². The molecule has 2 aliphatic carbocycles. The maximum atomic E-state index is 5.00. The first-order valence-electron chi connectivity index (χ1n) is 12.6. The van der Waals surface area contributed by atoms with Crippen LogP contribution >= 0.6 is 18.6 Å². The minimum absolute atomic E-state index is 0. The molecular formula is C31H34Cl2N2SiTi-2. The molecule has 0 aromatic heterocycles. The van der Waals surface area contributed by atoms with Crippen LogP contribution in [0.4, 0.5) is 22.7 Å². The molecule has 6 heteroatoms. The van der Waals surface area contributed by atoms with Gasteiger partial charge in [-0.3, -0.25) is 0 Å². The molecule has 2 nitrogen and oxygen atoms in total. The summed E-state index contributed by atoms with van der Waals surface area (Å²) < 4.78 is 2.72. The number of para-hydroxylation sites is 4. The standard InChI is InChI=1S/C30H31N2Si.CH3.2ClH.Ti/c1-21-15-17-22(18-16-21)23-9-8-10-25-24(23)19-20-30(25)33(2,3)32-28-13-6-4-11-26(28)31-27-12-5-7-14-29(27)32;;;;/h4-18,24-25,30H,19-20H2,1-3H3;1H3;2*1H;/q2*-1;;;+2/p-2/t24-,25+,30?;;;;/m1..../s1. The number of halogens is 2. The van der Waals surface area contributed by atoms with Crippen molar-refractivity contribution in [1.82, 2.24) is 0 Å². The molecule has 0 spiro atoms. The van der Waals surface area contributed by atoms with E-state index in [1.165, 1.54) is 40.9 Å². The van der Waals surface area contributed by atoms with Gasteiger partial charge in [-0.15, -0.1) is 11.4 Å². The van der Waals surface area contributed by atoms with Gasteiger partial charge >= 0.3 is 35.6 Å². The Morgan fingerprint density at radius 1 is 0.865 bits per heavy atom. The normalized spacial score (nSPS) is 21.2. The zero-order valence-electron chi connectivity index (χ0n) is 22.0. The average Bonchev–Trinajstić information content (AvgIpc) is 3.33. The van der Waals surface area contributed by atoms with Gasteiger partial charge in [-0.1, -0.05) is 97.5 Å². The van der Waals surface area contributed by atoms with Crippen molar-refractivity contribution in [1.29, 1.82) is 0 Å². The summed E-state index contributed by atoms with van der Waals surface area (Å²) >= 11 is -0.556. The number of rotatable bonds is 3. The van der Waals surface area contributed by atoms with Crippen LogP contribution in [0, 0.1) is 26.2 Å². The third kappa shape index (κ3) is 5.40. The number of nitrogens with zero attached hydrogens (tertiary/aromatic N) is 2. The summed E-state index contributed by atoms with van der Waals surface area (Å²) in [4.78, 5) is 0. The van der Waals surface area contributed by atoms with Crippen LogP contribution in [0.25, 0.3) is 10.9 Å². The van der Waals surface area contributed by atoms with Gasteiger partial charge in [0.15, 0.2) is 8.24 Å². The number of aryl methyl sites for hydroxylation is 1. The Labute approximate surface area is 240 Å². The van der Waals surface area contributed by atoms with Crippen LogP contribution in [0.3, 0.4) is 0 Å². The third-order valence-corrected chi connectivity index (χ3v) is 12.2. The van der Waals surface area contributed by atoms with Crippen LogP contribution < -0.4 is 4.57 Å². The Kier molecular flexibility index (Phi) is 9.14. The van der Waals surface area contributed by atoms with Crippen molar-refractivity contribution in [2.75, 3.05) is 4.57 Å². The fourth-order valence-electron chi connectivity index (χ4n) is 6.49. The van der Waals surface area contributed by atoms with Gasteiger partial charge in [-0.25, -0.2) is 0 Å². The number of benzene rings is 3. The molecule has 1 aliphatic heterocycles. The molecule has 1 saturated carbocycles. The molecule has 0 amide bonds. The predicted molar refractivity (Wildman–Crippen MR) is 162 cm³/mol. The molecule has 37 heavy (non-hydrogen) atoms. The second-order valence-electron chi connectivity index (χ2n) is 10.4. The summed E-state index contributed by atoms with van der Waals surface area (Å²) in [5, 5.41) is 5.00. The van der Waals surface area contributed by atoms with Gasteiger partial charge in [-0.05, 0) is 60.4 Å². The summed E-state index contributed by atoms with van der Waals surface area (Å²) in [6.45, 7) is 7.33. The van der Waals surface area contributed by atoms with E-state index in [9.17, 15) is 0 Å². The van der Waals surface area contributed by atoms with E-state index in [2.05, 4.69) is 116 Å². The second-order valence-corrected chi connectivity index (χ2v) is 17.5. The van der Waals surface area contributed by atoms with Gasteiger partial charge in [0.25, 0.3) is 0 Å². The maximum absolute atomic E-state index is 5.00. The number of hydrogen-bond donors (Lipinski definition) is 0. The molecule has 1 heterocycles. The van der Waals surface area contributed by atoms with E-state index in [0.29, 0.717) is 17.4 Å². The molecule has 3 aliphatic rings. The third-order valence-electron chi connectivity index (χ3n) is 8.08. The van der Waals surface area contributed by atoms with Gasteiger partial charge in [0.2, 0.25) is 0 Å². The molecule has 1 unspecified atom stereocenters. The van der Waals surface area contributed by atoms with E-state index in [1.807, 2.05) is 0 Å². The Bertz CT molecular complexity index is 1240. The average molecular weight is 581 g/mol. The van der Waals surface area contributed by atoms with Crippen LogP contribution in [-0.4, -0.2) is 8.24 Å². The fourth-order valence-corrected chi connectivity index (χ4v) is 10.6. The van der Waals surface area contributed by atoms with E-state index in [1.54, 1.807) is 0 Å². The van der Waals surface area contributed by atoms with Gasteiger partial charge in [0, 0.05) is 11.4 Å². The van der Waals surface area contributed by atoms with E-state index < -0.39 is 25.3 Å². The van der Waals surface area contributed by atoms with Gasteiger partial charge in [0.1, 0.15) is 0 Å². The van der Waals surface area contributed by atoms with E-state index >= 15 is 0 Å². The zero-order chi connectivity index (χ0) is 25.3. The Morgan fingerprint density at radius 3 is 2.03 bits per heavy atom. The minimum atomic E-state index is -1.92. The molecule has 6 rings (SSSR count). The molecule has 0 saturated heterocycles. The summed E-state index contributed by atoms with van der Waals surface area (Å²) in [6, 6.07) is 26.5. The Balaban J connectivity index is 0.000000765. The van der Waals surface area contributed by atoms with Gasteiger partial charge < -0.3 is 17.3 Å². The van der Waals surface area contributed by atoms with Crippen LogP contribution in [0.15, 0.2) is 91.0 Å². The number of anilines is 2. The van der Waals surface area contributed by atoms with Crippen LogP contribution in [0.1, 0.15) is 24.0 Å². The summed E-state index contributed by atoms with van der Waals surface area (Å²) in [5.41, 5.74) is 9.71.